The maximum atomic E-state index is 4.35. The Balaban J connectivity index is 2.06. The van der Waals surface area contributed by atoms with Gasteiger partial charge in [0, 0.05) is 18.7 Å². The van der Waals surface area contributed by atoms with Gasteiger partial charge in [-0.15, -0.1) is 10.2 Å². The van der Waals surface area contributed by atoms with Crippen LogP contribution in [0.1, 0.15) is 30.1 Å². The lowest BCUT2D eigenvalue weighted by Gasteiger charge is -2.21. The van der Waals surface area contributed by atoms with E-state index in [1.54, 1.807) is 0 Å². The maximum absolute atomic E-state index is 4.35. The molecular weight excluding hydrogens is 200 g/mol. The molecule has 1 N–H and O–H groups in total. The summed E-state index contributed by atoms with van der Waals surface area (Å²) in [4.78, 5) is 0. The Hall–Kier alpha value is -1.42. The van der Waals surface area contributed by atoms with Gasteiger partial charge in [-0.05, 0) is 37.9 Å². The molecule has 1 atom stereocenters. The van der Waals surface area contributed by atoms with Gasteiger partial charge in [0.05, 0.1) is 0 Å². The van der Waals surface area contributed by atoms with Gasteiger partial charge in [-0.2, -0.15) is 0 Å². The number of piperidine rings is 1. The zero-order valence-corrected chi connectivity index (χ0v) is 9.48. The minimum atomic E-state index is 0.505. The van der Waals surface area contributed by atoms with Crippen LogP contribution in [0.5, 0.6) is 0 Å². The average molecular weight is 216 g/mol. The quantitative estimate of drug-likeness (QED) is 0.785. The van der Waals surface area contributed by atoms with Crippen molar-refractivity contribution in [2.24, 2.45) is 0 Å². The van der Waals surface area contributed by atoms with Gasteiger partial charge in [-0.25, -0.2) is 0 Å². The predicted molar refractivity (Wildman–Crippen MR) is 62.6 cm³/mol. The fourth-order valence-corrected chi connectivity index (χ4v) is 2.42. The molecule has 0 bridgehead atoms. The number of rotatable bonds is 1. The monoisotopic (exact) mass is 216 g/mol. The summed E-state index contributed by atoms with van der Waals surface area (Å²) in [7, 11) is 0. The van der Waals surface area contributed by atoms with E-state index in [4.69, 9.17) is 0 Å². The zero-order valence-electron chi connectivity index (χ0n) is 9.48. The van der Waals surface area contributed by atoms with Gasteiger partial charge >= 0.3 is 0 Å². The summed E-state index contributed by atoms with van der Waals surface area (Å²) in [6, 6.07) is 4.14. The van der Waals surface area contributed by atoms with E-state index in [1.165, 1.54) is 18.4 Å². The Labute approximate surface area is 94.7 Å². The third-order valence-electron chi connectivity index (χ3n) is 3.32. The van der Waals surface area contributed by atoms with Crippen LogP contribution in [0.3, 0.4) is 0 Å². The zero-order chi connectivity index (χ0) is 11.0. The van der Waals surface area contributed by atoms with E-state index < -0.39 is 0 Å². The molecule has 0 amide bonds. The predicted octanol–water partition coefficient (Wildman–Crippen LogP) is 1.50. The van der Waals surface area contributed by atoms with Crippen LogP contribution in [-0.4, -0.2) is 27.7 Å². The fraction of sp³-hybridized carbons (Fsp3) is 0.500. The van der Waals surface area contributed by atoms with Gasteiger partial charge in [0.1, 0.15) is 5.82 Å². The number of fused-ring (bicyclic) bond motifs is 1. The molecule has 2 aromatic rings. The van der Waals surface area contributed by atoms with Crippen LogP contribution in [0.2, 0.25) is 0 Å². The van der Waals surface area contributed by atoms with Crippen molar-refractivity contribution < 1.29 is 0 Å². The van der Waals surface area contributed by atoms with Gasteiger partial charge in [0.2, 0.25) is 0 Å². The van der Waals surface area contributed by atoms with E-state index in [-0.39, 0.29) is 0 Å². The molecule has 4 nitrogen and oxygen atoms in total. The van der Waals surface area contributed by atoms with Crippen molar-refractivity contribution in [3.05, 3.63) is 29.7 Å². The molecule has 4 heteroatoms. The molecule has 0 spiro atoms. The molecule has 3 rings (SSSR count). The lowest BCUT2D eigenvalue weighted by Crippen LogP contribution is -2.29. The van der Waals surface area contributed by atoms with Gasteiger partial charge in [0.25, 0.3) is 0 Å². The number of hydrogen-bond donors (Lipinski definition) is 1. The summed E-state index contributed by atoms with van der Waals surface area (Å²) in [5.41, 5.74) is 2.17. The third kappa shape index (κ3) is 1.50. The molecule has 16 heavy (non-hydrogen) atoms. The Morgan fingerprint density at radius 1 is 1.44 bits per heavy atom. The van der Waals surface area contributed by atoms with E-state index in [0.717, 1.165) is 24.6 Å². The molecule has 3 heterocycles. The minimum Gasteiger partial charge on any atom is -0.316 e. The smallest absolute Gasteiger partial charge is 0.163 e. The van der Waals surface area contributed by atoms with Crippen LogP contribution < -0.4 is 5.32 Å². The van der Waals surface area contributed by atoms with Crippen molar-refractivity contribution >= 4 is 5.65 Å². The summed E-state index contributed by atoms with van der Waals surface area (Å²) in [5.74, 6) is 1.61. The summed E-state index contributed by atoms with van der Waals surface area (Å²) in [6.07, 6.45) is 4.50. The first kappa shape index (κ1) is 9.78. The molecule has 0 aromatic carbocycles. The number of nitrogens with zero attached hydrogens (tertiary/aromatic N) is 3. The van der Waals surface area contributed by atoms with Crippen molar-refractivity contribution in [3.8, 4) is 0 Å². The highest BCUT2D eigenvalue weighted by molar-refractivity contribution is 5.46. The van der Waals surface area contributed by atoms with Crippen LogP contribution in [0.4, 0.5) is 0 Å². The van der Waals surface area contributed by atoms with E-state index in [0.29, 0.717) is 5.92 Å². The Kier molecular flexibility index (Phi) is 2.36. The van der Waals surface area contributed by atoms with Crippen molar-refractivity contribution in [2.75, 3.05) is 13.1 Å². The van der Waals surface area contributed by atoms with Crippen molar-refractivity contribution in [2.45, 2.75) is 25.7 Å². The molecule has 1 unspecified atom stereocenters. The molecule has 1 fully saturated rings. The van der Waals surface area contributed by atoms with E-state index in [9.17, 15) is 0 Å². The first-order valence-electron chi connectivity index (χ1n) is 5.87. The molecule has 1 saturated heterocycles. The molecule has 0 radical (unpaired) electrons. The first-order chi connectivity index (χ1) is 7.86. The highest BCUT2D eigenvalue weighted by Crippen LogP contribution is 2.22. The highest BCUT2D eigenvalue weighted by atomic mass is 15.3. The van der Waals surface area contributed by atoms with Crippen molar-refractivity contribution in [1.29, 1.82) is 0 Å². The highest BCUT2D eigenvalue weighted by Gasteiger charge is 2.20. The summed E-state index contributed by atoms with van der Waals surface area (Å²) >= 11 is 0. The third-order valence-corrected chi connectivity index (χ3v) is 3.32. The van der Waals surface area contributed by atoms with Gasteiger partial charge in [0.15, 0.2) is 5.65 Å². The summed E-state index contributed by atoms with van der Waals surface area (Å²) < 4.78 is 2.13. The van der Waals surface area contributed by atoms with Gasteiger partial charge in [-0.3, -0.25) is 4.40 Å². The number of pyridine rings is 1. The molecule has 84 valence electrons. The topological polar surface area (TPSA) is 42.2 Å². The van der Waals surface area contributed by atoms with Crippen molar-refractivity contribution in [3.63, 3.8) is 0 Å². The molecular formula is C12H16N4. The number of aryl methyl sites for hydroxylation is 1. The van der Waals surface area contributed by atoms with E-state index >= 15 is 0 Å². The van der Waals surface area contributed by atoms with Crippen LogP contribution in [0.25, 0.3) is 5.65 Å². The molecule has 2 aromatic heterocycles. The first-order valence-corrected chi connectivity index (χ1v) is 5.87. The number of aromatic nitrogens is 3. The summed E-state index contributed by atoms with van der Waals surface area (Å²) in [6.45, 7) is 4.23. The van der Waals surface area contributed by atoms with E-state index in [1.807, 2.05) is 0 Å². The van der Waals surface area contributed by atoms with E-state index in [2.05, 4.69) is 45.2 Å². The maximum Gasteiger partial charge on any atom is 0.163 e. The second-order valence-corrected chi connectivity index (χ2v) is 4.49. The standard InChI is InChI=1S/C12H16N4/c1-9-4-3-7-16-11(9)14-15-12(16)10-5-2-6-13-8-10/h3-4,7,10,13H,2,5-6,8H2,1H3. The lowest BCUT2D eigenvalue weighted by molar-refractivity contribution is 0.444. The number of hydrogen-bond acceptors (Lipinski definition) is 3. The second kappa shape index (κ2) is 3.87. The van der Waals surface area contributed by atoms with Crippen LogP contribution in [0, 0.1) is 6.92 Å². The Morgan fingerprint density at radius 3 is 3.19 bits per heavy atom. The lowest BCUT2D eigenvalue weighted by atomic mass is 9.99. The SMILES string of the molecule is Cc1cccn2c(C3CCCNC3)nnc12. The average Bonchev–Trinajstić information content (AvgIpc) is 2.75. The summed E-state index contributed by atoms with van der Waals surface area (Å²) in [5, 5.41) is 12.1. The Bertz CT molecular complexity index is 497. The number of nitrogens with one attached hydrogen (secondary N) is 1. The fourth-order valence-electron chi connectivity index (χ4n) is 2.42. The molecule has 0 aliphatic carbocycles. The molecule has 0 saturated carbocycles. The minimum absolute atomic E-state index is 0.505. The molecule has 1 aliphatic rings. The molecule has 1 aliphatic heterocycles. The van der Waals surface area contributed by atoms with Gasteiger partial charge < -0.3 is 5.32 Å². The largest absolute Gasteiger partial charge is 0.316 e. The second-order valence-electron chi connectivity index (χ2n) is 4.49. The van der Waals surface area contributed by atoms with Crippen LogP contribution in [0.15, 0.2) is 18.3 Å². The van der Waals surface area contributed by atoms with Crippen LogP contribution in [-0.2, 0) is 0 Å². The van der Waals surface area contributed by atoms with Crippen LogP contribution >= 0.6 is 0 Å². The van der Waals surface area contributed by atoms with Crippen molar-refractivity contribution in [1.82, 2.24) is 19.9 Å². The Morgan fingerprint density at radius 2 is 2.38 bits per heavy atom. The normalized spacial score (nSPS) is 21.4. The van der Waals surface area contributed by atoms with Gasteiger partial charge in [-0.1, -0.05) is 6.07 Å².